The van der Waals surface area contributed by atoms with Gasteiger partial charge in [-0.25, -0.2) is 4.98 Å². The largest absolute Gasteiger partial charge is 0.444 e. The summed E-state index contributed by atoms with van der Waals surface area (Å²) < 4.78 is 5.66. The second-order valence-electron chi connectivity index (χ2n) is 7.74. The molecule has 0 bridgehead atoms. The van der Waals surface area contributed by atoms with Crippen LogP contribution in [0.4, 0.5) is 5.69 Å². The van der Waals surface area contributed by atoms with E-state index in [9.17, 15) is 4.79 Å². The van der Waals surface area contributed by atoms with E-state index in [4.69, 9.17) is 4.42 Å². The van der Waals surface area contributed by atoms with Crippen molar-refractivity contribution in [1.82, 2.24) is 4.98 Å². The molecule has 2 aromatic carbocycles. The van der Waals surface area contributed by atoms with E-state index in [0.29, 0.717) is 18.2 Å². The molecule has 3 aromatic rings. The Morgan fingerprint density at radius 2 is 1.68 bits per heavy atom. The number of benzene rings is 2. The summed E-state index contributed by atoms with van der Waals surface area (Å²) in [7, 11) is 0. The van der Waals surface area contributed by atoms with Crippen LogP contribution in [-0.4, -0.2) is 10.9 Å². The lowest BCUT2D eigenvalue weighted by molar-refractivity contribution is -0.117. The van der Waals surface area contributed by atoms with Crippen molar-refractivity contribution >= 4 is 11.6 Å². The number of nitrogens with one attached hydrogen (secondary N) is 1. The SMILES string of the molecule is Cc1ccc(-c2coc(-c3ccc(NC(=O)CC4CCCCC4)cc3)n2)cc1. The van der Waals surface area contributed by atoms with E-state index in [1.54, 1.807) is 6.26 Å². The molecule has 0 atom stereocenters. The number of hydrogen-bond acceptors (Lipinski definition) is 3. The predicted octanol–water partition coefficient (Wildman–Crippen LogP) is 6.23. The predicted molar refractivity (Wildman–Crippen MR) is 112 cm³/mol. The summed E-state index contributed by atoms with van der Waals surface area (Å²) >= 11 is 0. The van der Waals surface area contributed by atoms with E-state index < -0.39 is 0 Å². The average molecular weight is 374 g/mol. The third kappa shape index (κ3) is 4.50. The Morgan fingerprint density at radius 3 is 2.39 bits per heavy atom. The number of aryl methyl sites for hydroxylation is 1. The molecule has 4 heteroatoms. The Kier molecular flexibility index (Phi) is 5.56. The van der Waals surface area contributed by atoms with Gasteiger partial charge in [0, 0.05) is 23.2 Å². The third-order valence-corrected chi connectivity index (χ3v) is 5.47. The zero-order chi connectivity index (χ0) is 19.3. The second-order valence-corrected chi connectivity index (χ2v) is 7.74. The van der Waals surface area contributed by atoms with Crippen molar-refractivity contribution in [2.45, 2.75) is 45.4 Å². The van der Waals surface area contributed by atoms with E-state index in [0.717, 1.165) is 22.5 Å². The minimum Gasteiger partial charge on any atom is -0.444 e. The molecule has 0 aliphatic heterocycles. The monoisotopic (exact) mass is 374 g/mol. The van der Waals surface area contributed by atoms with Gasteiger partial charge in [0.1, 0.15) is 12.0 Å². The highest BCUT2D eigenvalue weighted by Gasteiger charge is 2.17. The van der Waals surface area contributed by atoms with E-state index in [1.165, 1.54) is 37.7 Å². The van der Waals surface area contributed by atoms with Gasteiger partial charge in [-0.2, -0.15) is 0 Å². The molecule has 1 amide bonds. The number of carbonyl (C=O) groups excluding carboxylic acids is 1. The van der Waals surface area contributed by atoms with Crippen molar-refractivity contribution in [3.8, 4) is 22.7 Å². The van der Waals surface area contributed by atoms with Crippen molar-refractivity contribution in [3.63, 3.8) is 0 Å². The standard InChI is InChI=1S/C24H26N2O2/c1-17-7-9-19(10-8-17)22-16-28-24(26-22)20-11-13-21(14-12-20)25-23(27)15-18-5-3-2-4-6-18/h7-14,16,18H,2-6,15H2,1H3,(H,25,27). The molecule has 0 unspecified atom stereocenters. The van der Waals surface area contributed by atoms with Gasteiger partial charge in [-0.05, 0) is 49.9 Å². The van der Waals surface area contributed by atoms with Gasteiger partial charge in [-0.15, -0.1) is 0 Å². The summed E-state index contributed by atoms with van der Waals surface area (Å²) in [5.41, 5.74) is 4.78. The molecule has 1 saturated carbocycles. The minimum absolute atomic E-state index is 0.109. The molecule has 1 aliphatic rings. The lowest BCUT2D eigenvalue weighted by Crippen LogP contribution is -2.18. The fourth-order valence-corrected chi connectivity index (χ4v) is 3.82. The molecule has 0 saturated heterocycles. The normalized spacial score (nSPS) is 14.8. The van der Waals surface area contributed by atoms with Gasteiger partial charge < -0.3 is 9.73 Å². The fourth-order valence-electron chi connectivity index (χ4n) is 3.82. The van der Waals surface area contributed by atoms with Crippen LogP contribution in [0, 0.1) is 12.8 Å². The molecule has 1 heterocycles. The molecule has 1 aliphatic carbocycles. The maximum Gasteiger partial charge on any atom is 0.226 e. The van der Waals surface area contributed by atoms with Crippen molar-refractivity contribution in [2.75, 3.05) is 5.32 Å². The van der Waals surface area contributed by atoms with Gasteiger partial charge >= 0.3 is 0 Å². The highest BCUT2D eigenvalue weighted by Crippen LogP contribution is 2.28. The van der Waals surface area contributed by atoms with Gasteiger partial charge in [0.25, 0.3) is 0 Å². The average Bonchev–Trinajstić information content (AvgIpc) is 3.20. The van der Waals surface area contributed by atoms with Gasteiger partial charge in [-0.1, -0.05) is 49.1 Å². The van der Waals surface area contributed by atoms with Crippen LogP contribution in [0.15, 0.2) is 59.2 Å². The molecule has 4 nitrogen and oxygen atoms in total. The number of carbonyl (C=O) groups is 1. The Labute approximate surface area is 166 Å². The van der Waals surface area contributed by atoms with Crippen molar-refractivity contribution in [2.24, 2.45) is 5.92 Å². The highest BCUT2D eigenvalue weighted by molar-refractivity contribution is 5.91. The first-order valence-electron chi connectivity index (χ1n) is 10.1. The molecular weight excluding hydrogens is 348 g/mol. The summed E-state index contributed by atoms with van der Waals surface area (Å²) in [6, 6.07) is 15.9. The first-order chi connectivity index (χ1) is 13.7. The first kappa shape index (κ1) is 18.5. The van der Waals surface area contributed by atoms with E-state index in [-0.39, 0.29) is 5.91 Å². The maximum absolute atomic E-state index is 12.3. The molecule has 0 spiro atoms. The van der Waals surface area contributed by atoms with Crippen LogP contribution < -0.4 is 5.32 Å². The Hall–Kier alpha value is -2.88. The third-order valence-electron chi connectivity index (χ3n) is 5.47. The Bertz CT molecular complexity index is 920. The van der Waals surface area contributed by atoms with Crippen LogP contribution in [0.25, 0.3) is 22.7 Å². The van der Waals surface area contributed by atoms with Crippen LogP contribution in [0.5, 0.6) is 0 Å². The molecular formula is C24H26N2O2. The summed E-state index contributed by atoms with van der Waals surface area (Å²) in [6.07, 6.45) is 8.49. The lowest BCUT2D eigenvalue weighted by atomic mass is 9.87. The van der Waals surface area contributed by atoms with E-state index in [2.05, 4.69) is 29.4 Å². The van der Waals surface area contributed by atoms with Crippen LogP contribution in [0.3, 0.4) is 0 Å². The highest BCUT2D eigenvalue weighted by atomic mass is 16.3. The number of aromatic nitrogens is 1. The van der Waals surface area contributed by atoms with Crippen LogP contribution in [0.2, 0.25) is 0 Å². The topological polar surface area (TPSA) is 55.1 Å². The zero-order valence-corrected chi connectivity index (χ0v) is 16.3. The van der Waals surface area contributed by atoms with Crippen LogP contribution in [0.1, 0.15) is 44.1 Å². The zero-order valence-electron chi connectivity index (χ0n) is 16.3. The Morgan fingerprint density at radius 1 is 1.00 bits per heavy atom. The van der Waals surface area contributed by atoms with Gasteiger partial charge in [0.05, 0.1) is 0 Å². The number of nitrogens with zero attached hydrogens (tertiary/aromatic N) is 1. The lowest BCUT2D eigenvalue weighted by Gasteiger charge is -2.20. The first-order valence-corrected chi connectivity index (χ1v) is 10.1. The number of anilines is 1. The summed E-state index contributed by atoms with van der Waals surface area (Å²) in [6.45, 7) is 2.06. The summed E-state index contributed by atoms with van der Waals surface area (Å²) in [5, 5.41) is 3.01. The maximum atomic E-state index is 12.3. The van der Waals surface area contributed by atoms with E-state index in [1.807, 2.05) is 36.4 Å². The molecule has 1 aromatic heterocycles. The molecule has 1 N–H and O–H groups in total. The second kappa shape index (κ2) is 8.42. The van der Waals surface area contributed by atoms with Crippen molar-refractivity contribution < 1.29 is 9.21 Å². The molecule has 4 rings (SSSR count). The number of hydrogen-bond donors (Lipinski definition) is 1. The smallest absolute Gasteiger partial charge is 0.226 e. The fraction of sp³-hybridized carbons (Fsp3) is 0.333. The van der Waals surface area contributed by atoms with Gasteiger partial charge in [0.15, 0.2) is 0 Å². The molecule has 28 heavy (non-hydrogen) atoms. The summed E-state index contributed by atoms with van der Waals surface area (Å²) in [5.74, 6) is 1.23. The molecule has 0 radical (unpaired) electrons. The van der Waals surface area contributed by atoms with Crippen molar-refractivity contribution in [1.29, 1.82) is 0 Å². The number of oxazole rings is 1. The van der Waals surface area contributed by atoms with Crippen molar-refractivity contribution in [3.05, 3.63) is 60.4 Å². The molecule has 1 fully saturated rings. The quantitative estimate of drug-likeness (QED) is 0.576. The number of rotatable bonds is 5. The van der Waals surface area contributed by atoms with Gasteiger partial charge in [0.2, 0.25) is 11.8 Å². The van der Waals surface area contributed by atoms with Gasteiger partial charge in [-0.3, -0.25) is 4.79 Å². The summed E-state index contributed by atoms with van der Waals surface area (Å²) in [4.78, 5) is 16.9. The van der Waals surface area contributed by atoms with Crippen LogP contribution in [-0.2, 0) is 4.79 Å². The minimum atomic E-state index is 0.109. The van der Waals surface area contributed by atoms with Crippen LogP contribution >= 0.6 is 0 Å². The number of amides is 1. The molecule has 144 valence electrons. The van der Waals surface area contributed by atoms with E-state index >= 15 is 0 Å². The Balaban J connectivity index is 1.39.